The number of aromatic amines is 1. The monoisotopic (exact) mass is 314 g/mol. The summed E-state index contributed by atoms with van der Waals surface area (Å²) in [4.78, 5) is 15.0. The lowest BCUT2D eigenvalue weighted by atomic mass is 9.96. The van der Waals surface area contributed by atoms with Gasteiger partial charge in [-0.3, -0.25) is 4.79 Å². The molecule has 0 fully saturated rings. The number of aliphatic hydroxyl groups excluding tert-OH is 1. The van der Waals surface area contributed by atoms with Crippen molar-refractivity contribution >= 4 is 16.8 Å². The number of rotatable bonds is 2. The second kappa shape index (κ2) is 4.89. The highest BCUT2D eigenvalue weighted by Gasteiger charge is 2.32. The van der Waals surface area contributed by atoms with Crippen LogP contribution < -0.4 is 5.32 Å². The van der Waals surface area contributed by atoms with E-state index in [-0.39, 0.29) is 12.5 Å². The summed E-state index contributed by atoms with van der Waals surface area (Å²) in [6.45, 7) is -0.332. The number of carbonyl (C=O) groups is 1. The minimum Gasteiger partial charge on any atom is -0.390 e. The molecule has 0 saturated heterocycles. The van der Waals surface area contributed by atoms with Gasteiger partial charge in [-0.2, -0.15) is 0 Å². The van der Waals surface area contributed by atoms with E-state index in [2.05, 4.69) is 10.3 Å². The largest absolute Gasteiger partial charge is 0.390 e. The summed E-state index contributed by atoms with van der Waals surface area (Å²) >= 11 is 0. The number of carbonyl (C=O) groups excluding carboxylic acids is 1. The molecular weight excluding hydrogens is 302 g/mol. The second-order valence-electron chi connectivity index (χ2n) is 5.48. The first-order valence-electron chi connectivity index (χ1n) is 7.10. The molecule has 1 aromatic heterocycles. The minimum absolute atomic E-state index is 0.230. The molecule has 0 spiro atoms. The molecule has 0 saturated carbocycles. The Kier molecular flexibility index (Phi) is 2.96. The van der Waals surface area contributed by atoms with Crippen LogP contribution in [0.1, 0.15) is 33.2 Å². The van der Waals surface area contributed by atoms with Crippen molar-refractivity contribution in [3.8, 4) is 0 Å². The molecule has 3 aromatic rings. The maximum absolute atomic E-state index is 13.7. The number of hydrogen-bond donors (Lipinski definition) is 3. The van der Waals surface area contributed by atoms with Crippen molar-refractivity contribution in [3.05, 3.63) is 70.4 Å². The molecule has 1 atom stereocenters. The summed E-state index contributed by atoms with van der Waals surface area (Å²) in [5.74, 6) is -2.17. The summed E-state index contributed by atoms with van der Waals surface area (Å²) < 4.78 is 27.1. The Bertz CT molecular complexity index is 949. The van der Waals surface area contributed by atoms with Gasteiger partial charge in [0.15, 0.2) is 11.6 Å². The van der Waals surface area contributed by atoms with E-state index in [1.165, 1.54) is 0 Å². The topological polar surface area (TPSA) is 65.1 Å². The molecular formula is C17H12F2N2O2. The minimum atomic E-state index is -0.972. The van der Waals surface area contributed by atoms with Gasteiger partial charge in [-0.15, -0.1) is 0 Å². The summed E-state index contributed by atoms with van der Waals surface area (Å²) in [5, 5.41) is 12.9. The number of nitrogens with one attached hydrogen (secondary N) is 2. The van der Waals surface area contributed by atoms with Gasteiger partial charge in [0.05, 0.1) is 12.6 Å². The Balaban J connectivity index is 1.99. The molecule has 0 radical (unpaired) electrons. The van der Waals surface area contributed by atoms with Gasteiger partial charge in [-0.1, -0.05) is 18.2 Å². The summed E-state index contributed by atoms with van der Waals surface area (Å²) in [6.07, 6.45) is 0. The van der Waals surface area contributed by atoms with Crippen LogP contribution >= 0.6 is 0 Å². The Hall–Kier alpha value is -2.73. The lowest BCUT2D eigenvalue weighted by Gasteiger charge is -2.13. The van der Waals surface area contributed by atoms with Crippen molar-refractivity contribution in [2.45, 2.75) is 12.6 Å². The number of halogens is 2. The van der Waals surface area contributed by atoms with Crippen LogP contribution in [0, 0.1) is 11.6 Å². The van der Waals surface area contributed by atoms with Crippen molar-refractivity contribution in [1.29, 1.82) is 0 Å². The molecule has 6 heteroatoms. The van der Waals surface area contributed by atoms with Crippen molar-refractivity contribution in [2.24, 2.45) is 0 Å². The molecule has 116 valence electrons. The molecule has 2 heterocycles. The first-order chi connectivity index (χ1) is 11.1. The molecule has 1 unspecified atom stereocenters. The van der Waals surface area contributed by atoms with E-state index in [9.17, 15) is 18.7 Å². The third-order valence-electron chi connectivity index (χ3n) is 4.20. The van der Waals surface area contributed by atoms with Crippen LogP contribution in [0.3, 0.4) is 0 Å². The molecule has 3 N–H and O–H groups in total. The normalized spacial score (nSPS) is 16.7. The van der Waals surface area contributed by atoms with Gasteiger partial charge in [0, 0.05) is 33.8 Å². The van der Waals surface area contributed by atoms with Crippen molar-refractivity contribution in [1.82, 2.24) is 10.3 Å². The fourth-order valence-corrected chi connectivity index (χ4v) is 3.19. The van der Waals surface area contributed by atoms with Gasteiger partial charge in [-0.25, -0.2) is 8.78 Å². The quantitative estimate of drug-likeness (QED) is 0.681. The average molecular weight is 314 g/mol. The van der Waals surface area contributed by atoms with Gasteiger partial charge in [-0.05, 0) is 17.7 Å². The predicted octanol–water partition coefficient (Wildman–Crippen LogP) is 2.77. The van der Waals surface area contributed by atoms with Crippen molar-refractivity contribution in [3.63, 3.8) is 0 Å². The zero-order valence-corrected chi connectivity index (χ0v) is 11.9. The van der Waals surface area contributed by atoms with E-state index in [1.54, 1.807) is 24.3 Å². The molecule has 1 aliphatic heterocycles. The zero-order valence-electron chi connectivity index (χ0n) is 11.9. The average Bonchev–Trinajstić information content (AvgIpc) is 3.06. The lowest BCUT2D eigenvalue weighted by Crippen LogP contribution is -2.20. The zero-order chi connectivity index (χ0) is 16.1. The number of aromatic nitrogens is 1. The Morgan fingerprint density at radius 1 is 1.13 bits per heavy atom. The SMILES string of the molecule is O=C1NC(c2c(CO)[nH]c3cc(F)c(F)cc23)c2ccccc21. The molecule has 4 rings (SSSR count). The number of benzene rings is 2. The molecule has 1 aliphatic rings. The van der Waals surface area contributed by atoms with Gasteiger partial charge < -0.3 is 15.4 Å². The van der Waals surface area contributed by atoms with E-state index in [1.807, 2.05) is 0 Å². The maximum atomic E-state index is 13.7. The molecule has 23 heavy (non-hydrogen) atoms. The van der Waals surface area contributed by atoms with E-state index >= 15 is 0 Å². The number of hydrogen-bond acceptors (Lipinski definition) is 2. The van der Waals surface area contributed by atoms with E-state index in [0.29, 0.717) is 27.7 Å². The van der Waals surface area contributed by atoms with Crippen LogP contribution in [0.5, 0.6) is 0 Å². The summed E-state index contributed by atoms with van der Waals surface area (Å²) in [7, 11) is 0. The van der Waals surface area contributed by atoms with E-state index in [4.69, 9.17) is 0 Å². The molecule has 0 aliphatic carbocycles. The summed E-state index contributed by atoms with van der Waals surface area (Å²) in [6, 6.07) is 8.70. The Morgan fingerprint density at radius 3 is 2.65 bits per heavy atom. The molecule has 2 aromatic carbocycles. The van der Waals surface area contributed by atoms with Crippen LogP contribution in [0.15, 0.2) is 36.4 Å². The highest BCUT2D eigenvalue weighted by atomic mass is 19.2. The van der Waals surface area contributed by atoms with Crippen LogP contribution in [0.4, 0.5) is 8.78 Å². The maximum Gasteiger partial charge on any atom is 0.252 e. The third-order valence-corrected chi connectivity index (χ3v) is 4.20. The van der Waals surface area contributed by atoms with Crippen molar-refractivity contribution in [2.75, 3.05) is 0 Å². The Morgan fingerprint density at radius 2 is 1.87 bits per heavy atom. The van der Waals surface area contributed by atoms with Gasteiger partial charge >= 0.3 is 0 Å². The first kappa shape index (κ1) is 13.9. The van der Waals surface area contributed by atoms with E-state index in [0.717, 1.165) is 17.7 Å². The molecule has 4 nitrogen and oxygen atoms in total. The summed E-state index contributed by atoms with van der Waals surface area (Å²) in [5.41, 5.74) is 2.64. The predicted molar refractivity (Wildman–Crippen MR) is 79.9 cm³/mol. The van der Waals surface area contributed by atoms with Gasteiger partial charge in [0.2, 0.25) is 0 Å². The number of fused-ring (bicyclic) bond motifs is 2. The number of H-pyrrole nitrogens is 1. The highest BCUT2D eigenvalue weighted by molar-refractivity contribution is 6.01. The third kappa shape index (κ3) is 1.95. The van der Waals surface area contributed by atoms with Crippen LogP contribution in [0.25, 0.3) is 10.9 Å². The fourth-order valence-electron chi connectivity index (χ4n) is 3.19. The van der Waals surface area contributed by atoms with E-state index < -0.39 is 17.7 Å². The van der Waals surface area contributed by atoms with Gasteiger partial charge in [0.25, 0.3) is 5.91 Å². The molecule has 1 amide bonds. The number of aliphatic hydroxyl groups is 1. The van der Waals surface area contributed by atoms with Crippen LogP contribution in [0.2, 0.25) is 0 Å². The highest BCUT2D eigenvalue weighted by Crippen LogP contribution is 2.37. The van der Waals surface area contributed by atoms with Crippen LogP contribution in [-0.4, -0.2) is 16.0 Å². The standard InChI is InChI=1S/C17H12F2N2O2/c18-11-5-10-13(6-12(11)19)20-14(7-22)15(10)16-8-3-1-2-4-9(8)17(23)21-16/h1-6,16,20,22H,7H2,(H,21,23). The smallest absolute Gasteiger partial charge is 0.252 e. The number of amides is 1. The second-order valence-corrected chi connectivity index (χ2v) is 5.48. The van der Waals surface area contributed by atoms with Gasteiger partial charge in [0.1, 0.15) is 0 Å². The molecule has 0 bridgehead atoms. The van der Waals surface area contributed by atoms with Crippen LogP contribution in [-0.2, 0) is 6.61 Å². The first-order valence-corrected chi connectivity index (χ1v) is 7.10. The fraction of sp³-hybridized carbons (Fsp3) is 0.118. The van der Waals surface area contributed by atoms with Crippen molar-refractivity contribution < 1.29 is 18.7 Å². The Labute approximate surface area is 129 Å². The lowest BCUT2D eigenvalue weighted by molar-refractivity contribution is 0.0960.